The van der Waals surface area contributed by atoms with Crippen molar-refractivity contribution < 1.29 is 27.5 Å². The normalized spacial score (nSPS) is 19.8. The molecule has 2 aliphatic rings. The largest absolute Gasteiger partial charge is 0.493 e. The van der Waals surface area contributed by atoms with Crippen molar-refractivity contribution in [1.82, 2.24) is 4.90 Å². The highest BCUT2D eigenvalue weighted by Gasteiger charge is 2.42. The van der Waals surface area contributed by atoms with Crippen molar-refractivity contribution in [2.24, 2.45) is 5.92 Å². The van der Waals surface area contributed by atoms with Crippen LogP contribution in [0.3, 0.4) is 0 Å². The van der Waals surface area contributed by atoms with E-state index in [-0.39, 0.29) is 17.3 Å². The summed E-state index contributed by atoms with van der Waals surface area (Å²) in [6, 6.07) is 10.0. The zero-order valence-corrected chi connectivity index (χ0v) is 18.4. The van der Waals surface area contributed by atoms with Crippen molar-refractivity contribution in [1.29, 1.82) is 0 Å². The smallest absolute Gasteiger partial charge is 0.254 e. The quantitative estimate of drug-likeness (QED) is 0.718. The molecule has 8 nitrogen and oxygen atoms in total. The van der Waals surface area contributed by atoms with Gasteiger partial charge in [-0.3, -0.25) is 9.59 Å². The molecule has 0 aromatic heterocycles. The fourth-order valence-electron chi connectivity index (χ4n) is 4.09. The molecule has 2 heterocycles. The van der Waals surface area contributed by atoms with Crippen LogP contribution >= 0.6 is 0 Å². The Balaban J connectivity index is 1.60. The third-order valence-electron chi connectivity index (χ3n) is 5.69. The first kappa shape index (κ1) is 21.2. The molecule has 0 saturated carbocycles. The van der Waals surface area contributed by atoms with Gasteiger partial charge in [-0.15, -0.1) is 0 Å². The molecule has 9 heteroatoms. The average Bonchev–Trinajstić information content (AvgIpc) is 2.97. The van der Waals surface area contributed by atoms with Gasteiger partial charge in [-0.1, -0.05) is 13.0 Å². The van der Waals surface area contributed by atoms with Crippen molar-refractivity contribution >= 4 is 27.5 Å². The van der Waals surface area contributed by atoms with Gasteiger partial charge >= 0.3 is 0 Å². The molecule has 0 spiro atoms. The molecule has 31 heavy (non-hydrogen) atoms. The van der Waals surface area contributed by atoms with E-state index in [0.717, 1.165) is 15.4 Å². The van der Waals surface area contributed by atoms with Gasteiger partial charge in [0.25, 0.3) is 5.91 Å². The molecular weight excluding hydrogens is 420 g/mol. The number of nitrogens with zero attached hydrogens (tertiary/aromatic N) is 2. The third kappa shape index (κ3) is 3.74. The molecular formula is C22H24N2O6S. The van der Waals surface area contributed by atoms with Gasteiger partial charge in [0.2, 0.25) is 15.9 Å². The van der Waals surface area contributed by atoms with Gasteiger partial charge in [-0.25, -0.2) is 12.7 Å². The van der Waals surface area contributed by atoms with Crippen molar-refractivity contribution in [3.8, 4) is 11.5 Å². The van der Waals surface area contributed by atoms with Gasteiger partial charge in [-0.05, 0) is 47.9 Å². The first-order chi connectivity index (χ1) is 14.7. The van der Waals surface area contributed by atoms with Crippen LogP contribution in [0.1, 0.15) is 28.4 Å². The lowest BCUT2D eigenvalue weighted by Crippen LogP contribution is -2.36. The number of benzene rings is 2. The number of hydrogen-bond acceptors (Lipinski definition) is 6. The summed E-state index contributed by atoms with van der Waals surface area (Å²) in [5.74, 6) is -0.270. The van der Waals surface area contributed by atoms with Crippen molar-refractivity contribution in [2.45, 2.75) is 19.9 Å². The molecule has 164 valence electrons. The van der Waals surface area contributed by atoms with Crippen LogP contribution in [-0.4, -0.2) is 51.6 Å². The third-order valence-corrected chi connectivity index (χ3v) is 7.56. The van der Waals surface area contributed by atoms with Crippen molar-refractivity contribution in [2.75, 3.05) is 30.8 Å². The first-order valence-corrected chi connectivity index (χ1v) is 11.6. The maximum absolute atomic E-state index is 13.2. The Kier molecular flexibility index (Phi) is 5.38. The van der Waals surface area contributed by atoms with Crippen molar-refractivity contribution in [3.63, 3.8) is 0 Å². The summed E-state index contributed by atoms with van der Waals surface area (Å²) >= 11 is 0. The molecule has 0 radical (unpaired) electrons. The van der Waals surface area contributed by atoms with Crippen molar-refractivity contribution in [3.05, 3.63) is 53.1 Å². The van der Waals surface area contributed by atoms with Gasteiger partial charge in [-0.2, -0.15) is 0 Å². The maximum Gasteiger partial charge on any atom is 0.254 e. The second-order valence-electron chi connectivity index (χ2n) is 7.79. The molecule has 2 amide bonds. The van der Waals surface area contributed by atoms with E-state index in [9.17, 15) is 18.0 Å². The predicted molar refractivity (Wildman–Crippen MR) is 115 cm³/mol. The van der Waals surface area contributed by atoms with Crippen LogP contribution < -0.4 is 13.8 Å². The molecule has 1 fully saturated rings. The number of fused-ring (bicyclic) bond motifs is 1. The number of methoxy groups -OCH3 is 2. The van der Waals surface area contributed by atoms with E-state index in [1.54, 1.807) is 38.2 Å². The van der Waals surface area contributed by atoms with Crippen LogP contribution in [0.25, 0.3) is 0 Å². The summed E-state index contributed by atoms with van der Waals surface area (Å²) in [6.07, 6.45) is 0.664. The molecule has 0 bridgehead atoms. The Hall–Kier alpha value is -3.07. The van der Waals surface area contributed by atoms with Gasteiger partial charge in [0.15, 0.2) is 11.5 Å². The minimum Gasteiger partial charge on any atom is -0.493 e. The second-order valence-corrected chi connectivity index (χ2v) is 9.65. The Labute approximate surface area is 181 Å². The Morgan fingerprint density at radius 1 is 1.06 bits per heavy atom. The minimum absolute atomic E-state index is 0.198. The highest BCUT2D eigenvalue weighted by Crippen LogP contribution is 2.34. The fraction of sp³-hybridized carbons (Fsp3) is 0.364. The molecule has 2 aromatic carbocycles. The molecule has 1 unspecified atom stereocenters. The van der Waals surface area contributed by atoms with Crippen LogP contribution in [0.2, 0.25) is 0 Å². The molecule has 0 aliphatic carbocycles. The van der Waals surface area contributed by atoms with E-state index in [1.165, 1.54) is 12.1 Å². The average molecular weight is 445 g/mol. The topological polar surface area (TPSA) is 93.2 Å². The zero-order valence-electron chi connectivity index (χ0n) is 17.6. The lowest BCUT2D eigenvalue weighted by Gasteiger charge is -2.30. The first-order valence-electron chi connectivity index (χ1n) is 9.95. The summed E-state index contributed by atoms with van der Waals surface area (Å²) < 4.78 is 36.3. The fourth-order valence-corrected chi connectivity index (χ4v) is 5.90. The monoisotopic (exact) mass is 444 g/mol. The number of hydrogen-bond donors (Lipinski definition) is 0. The molecule has 2 aliphatic heterocycles. The van der Waals surface area contributed by atoms with E-state index < -0.39 is 21.8 Å². The van der Waals surface area contributed by atoms with Gasteiger partial charge in [0.1, 0.15) is 0 Å². The molecule has 4 rings (SSSR count). The lowest BCUT2D eigenvalue weighted by atomic mass is 9.98. The Bertz CT molecular complexity index is 1160. The number of amides is 2. The SMILES string of the molecule is COc1cc2c(cc1OC)CN(C(=O)c1cccc(N3C(=O)C(C)CS3(=O)=O)c1)CC2. The minimum atomic E-state index is -3.73. The van der Waals surface area contributed by atoms with Crippen LogP contribution in [0, 0.1) is 5.92 Å². The standard InChI is InChI=1S/C22H24N2O6S/c1-14-13-31(27,28)24(21(14)25)18-6-4-5-16(9-18)22(26)23-8-7-15-10-19(29-2)20(30-3)11-17(15)12-23/h4-6,9-11,14H,7-8,12-13H2,1-3H3. The summed E-state index contributed by atoms with van der Waals surface area (Å²) in [4.78, 5) is 27.3. The number of rotatable bonds is 4. The van der Waals surface area contributed by atoms with Gasteiger partial charge < -0.3 is 14.4 Å². The van der Waals surface area contributed by atoms with E-state index >= 15 is 0 Å². The predicted octanol–water partition coefficient (Wildman–Crippen LogP) is 2.21. The highest BCUT2D eigenvalue weighted by molar-refractivity contribution is 7.94. The van der Waals surface area contributed by atoms with E-state index in [2.05, 4.69) is 0 Å². The van der Waals surface area contributed by atoms with Crippen LogP contribution in [0.15, 0.2) is 36.4 Å². The van der Waals surface area contributed by atoms with Crippen LogP contribution in [-0.2, 0) is 27.8 Å². The van der Waals surface area contributed by atoms with Crippen LogP contribution in [0.5, 0.6) is 11.5 Å². The number of carbonyl (C=O) groups excluding carboxylic acids is 2. The number of anilines is 1. The maximum atomic E-state index is 13.2. The van der Waals surface area contributed by atoms with E-state index in [4.69, 9.17) is 9.47 Å². The number of ether oxygens (including phenoxy) is 2. The highest BCUT2D eigenvalue weighted by atomic mass is 32.2. The Morgan fingerprint density at radius 3 is 2.35 bits per heavy atom. The second kappa shape index (κ2) is 7.88. The number of sulfonamides is 1. The summed E-state index contributed by atoms with van der Waals surface area (Å²) in [6.45, 7) is 2.50. The molecule has 2 aromatic rings. The molecule has 1 saturated heterocycles. The van der Waals surface area contributed by atoms with E-state index in [0.29, 0.717) is 36.6 Å². The summed E-state index contributed by atoms with van der Waals surface area (Å²) in [5.41, 5.74) is 2.60. The van der Waals surface area contributed by atoms with Gasteiger partial charge in [0, 0.05) is 18.7 Å². The van der Waals surface area contributed by atoms with Gasteiger partial charge in [0.05, 0.1) is 31.6 Å². The molecule has 1 atom stereocenters. The zero-order chi connectivity index (χ0) is 22.3. The molecule has 0 N–H and O–H groups in total. The Morgan fingerprint density at radius 2 is 1.74 bits per heavy atom. The summed E-state index contributed by atoms with van der Waals surface area (Å²) in [7, 11) is -0.576. The van der Waals surface area contributed by atoms with E-state index in [1.807, 2.05) is 12.1 Å². The summed E-state index contributed by atoms with van der Waals surface area (Å²) in [5, 5.41) is 0. The van der Waals surface area contributed by atoms with Crippen LogP contribution in [0.4, 0.5) is 5.69 Å². The lowest BCUT2D eigenvalue weighted by molar-refractivity contribution is -0.119. The number of carbonyl (C=O) groups is 2.